The summed E-state index contributed by atoms with van der Waals surface area (Å²) >= 11 is 6.16. The van der Waals surface area contributed by atoms with Gasteiger partial charge in [0.2, 0.25) is 0 Å². The summed E-state index contributed by atoms with van der Waals surface area (Å²) in [4.78, 5) is 27.6. The Hall–Kier alpha value is -3.51. The lowest BCUT2D eigenvalue weighted by atomic mass is 10.1. The number of amides is 3. The Morgan fingerprint density at radius 3 is 2.22 bits per heavy atom. The average Bonchev–Trinajstić information content (AvgIpc) is 2.80. The third kappa shape index (κ3) is 5.39. The lowest BCUT2D eigenvalue weighted by molar-refractivity contribution is 0.102. The quantitative estimate of drug-likeness (QED) is 0.433. The third-order valence-corrected chi connectivity index (χ3v) is 5.68. The van der Waals surface area contributed by atoms with E-state index < -0.39 is 0 Å². The van der Waals surface area contributed by atoms with Crippen LogP contribution < -0.4 is 20.9 Å². The Kier molecular flexibility index (Phi) is 6.92. The third-order valence-electron chi connectivity index (χ3n) is 5.35. The molecule has 0 aromatic heterocycles. The molecule has 164 valence electrons. The number of carbonyl (C=O) groups is 2. The molecule has 1 aliphatic rings. The highest BCUT2D eigenvalue weighted by Crippen LogP contribution is 2.32. The number of rotatable bonds is 5. The van der Waals surface area contributed by atoms with Crippen LogP contribution in [0.25, 0.3) is 0 Å². The maximum Gasteiger partial charge on any atom is 0.323 e. The van der Waals surface area contributed by atoms with Gasteiger partial charge in [0.05, 0.1) is 22.0 Å². The average molecular weight is 449 g/mol. The lowest BCUT2D eigenvalue weighted by Crippen LogP contribution is -2.31. The van der Waals surface area contributed by atoms with E-state index in [1.165, 1.54) is 6.42 Å². The highest BCUT2D eigenvalue weighted by Gasteiger charge is 2.18. The van der Waals surface area contributed by atoms with Gasteiger partial charge in [0.15, 0.2) is 0 Å². The first-order valence-electron chi connectivity index (χ1n) is 10.7. The maximum atomic E-state index is 12.7. The summed E-state index contributed by atoms with van der Waals surface area (Å²) in [6.07, 6.45) is 3.43. The fraction of sp³-hybridized carbons (Fsp3) is 0.200. The summed E-state index contributed by atoms with van der Waals surface area (Å²) in [5, 5.41) is 9.06. The Morgan fingerprint density at radius 1 is 0.750 bits per heavy atom. The van der Waals surface area contributed by atoms with E-state index in [2.05, 4.69) is 20.9 Å². The van der Waals surface area contributed by atoms with Crippen LogP contribution in [0.4, 0.5) is 27.5 Å². The van der Waals surface area contributed by atoms with Gasteiger partial charge in [0.1, 0.15) is 0 Å². The number of benzene rings is 3. The first kappa shape index (κ1) is 21.7. The second kappa shape index (κ2) is 10.2. The first-order valence-corrected chi connectivity index (χ1v) is 11.1. The summed E-state index contributed by atoms with van der Waals surface area (Å²) in [6, 6.07) is 21.4. The molecule has 1 fully saturated rings. The van der Waals surface area contributed by atoms with Crippen molar-refractivity contribution in [3.8, 4) is 0 Å². The molecule has 6 nitrogen and oxygen atoms in total. The molecule has 3 N–H and O–H groups in total. The van der Waals surface area contributed by atoms with E-state index in [1.807, 2.05) is 42.5 Å². The number of hydrogen-bond acceptors (Lipinski definition) is 3. The van der Waals surface area contributed by atoms with Crippen molar-refractivity contribution in [1.29, 1.82) is 0 Å². The molecule has 0 saturated carbocycles. The first-order chi connectivity index (χ1) is 15.6. The van der Waals surface area contributed by atoms with E-state index in [0.717, 1.165) is 31.6 Å². The molecule has 3 aromatic carbocycles. The molecule has 32 heavy (non-hydrogen) atoms. The molecule has 0 aliphatic carbocycles. The van der Waals surface area contributed by atoms with Gasteiger partial charge >= 0.3 is 6.03 Å². The van der Waals surface area contributed by atoms with Gasteiger partial charge in [-0.15, -0.1) is 0 Å². The zero-order valence-electron chi connectivity index (χ0n) is 17.6. The number of nitrogens with one attached hydrogen (secondary N) is 3. The largest absolute Gasteiger partial charge is 0.370 e. The number of carbonyl (C=O) groups excluding carboxylic acids is 2. The summed E-state index contributed by atoms with van der Waals surface area (Å²) < 4.78 is 0. The standard InChI is InChI=1S/C25H25ClN4O2/c26-21-12-6-5-11-20(21)24(31)27-19-13-14-23(30-15-7-2-8-16-30)22(17-19)29-25(32)28-18-9-3-1-4-10-18/h1,3-6,9-14,17H,2,7-8,15-16H2,(H,27,31)(H2,28,29,32). The highest BCUT2D eigenvalue weighted by atomic mass is 35.5. The Balaban J connectivity index is 1.57. The second-order valence-electron chi connectivity index (χ2n) is 7.66. The van der Waals surface area contributed by atoms with Crippen molar-refractivity contribution in [3.05, 3.63) is 83.4 Å². The zero-order valence-corrected chi connectivity index (χ0v) is 18.4. The number of piperidine rings is 1. The van der Waals surface area contributed by atoms with Gasteiger partial charge in [-0.05, 0) is 61.7 Å². The van der Waals surface area contributed by atoms with Crippen LogP contribution in [0.15, 0.2) is 72.8 Å². The van der Waals surface area contributed by atoms with Crippen molar-refractivity contribution in [1.82, 2.24) is 0 Å². The number of anilines is 4. The van der Waals surface area contributed by atoms with Gasteiger partial charge in [0.25, 0.3) is 5.91 Å². The smallest absolute Gasteiger partial charge is 0.323 e. The van der Waals surface area contributed by atoms with Crippen molar-refractivity contribution in [3.63, 3.8) is 0 Å². The fourth-order valence-electron chi connectivity index (χ4n) is 3.77. The number of halogens is 1. The molecule has 0 radical (unpaired) electrons. The zero-order chi connectivity index (χ0) is 22.3. The van der Waals surface area contributed by atoms with Crippen LogP contribution in [0, 0.1) is 0 Å². The summed E-state index contributed by atoms with van der Waals surface area (Å²) in [7, 11) is 0. The van der Waals surface area contributed by atoms with E-state index >= 15 is 0 Å². The maximum absolute atomic E-state index is 12.7. The van der Waals surface area contributed by atoms with Crippen LogP contribution in [-0.2, 0) is 0 Å². The normalized spacial score (nSPS) is 13.3. The van der Waals surface area contributed by atoms with Crippen LogP contribution >= 0.6 is 11.6 Å². The number of urea groups is 1. The van der Waals surface area contributed by atoms with E-state index in [0.29, 0.717) is 27.6 Å². The minimum Gasteiger partial charge on any atom is -0.370 e. The van der Waals surface area contributed by atoms with E-state index in [-0.39, 0.29) is 11.9 Å². The van der Waals surface area contributed by atoms with Gasteiger partial charge in [0, 0.05) is 24.5 Å². The van der Waals surface area contributed by atoms with Gasteiger partial charge in [-0.2, -0.15) is 0 Å². The summed E-state index contributed by atoms with van der Waals surface area (Å²) in [6.45, 7) is 1.86. The molecule has 3 amide bonds. The fourth-order valence-corrected chi connectivity index (χ4v) is 4.00. The van der Waals surface area contributed by atoms with Crippen molar-refractivity contribution < 1.29 is 9.59 Å². The molecule has 1 aliphatic heterocycles. The molecule has 4 rings (SSSR count). The second-order valence-corrected chi connectivity index (χ2v) is 8.07. The van der Waals surface area contributed by atoms with Gasteiger partial charge in [-0.1, -0.05) is 41.9 Å². The number of para-hydroxylation sites is 1. The predicted octanol–water partition coefficient (Wildman–Crippen LogP) is 6.23. The topological polar surface area (TPSA) is 73.5 Å². The molecule has 1 saturated heterocycles. The Labute approximate surface area is 192 Å². The molecule has 7 heteroatoms. The SMILES string of the molecule is O=C(Nc1ccccc1)Nc1cc(NC(=O)c2ccccc2Cl)ccc1N1CCCCC1. The molecule has 1 heterocycles. The Morgan fingerprint density at radius 2 is 1.47 bits per heavy atom. The van der Waals surface area contributed by atoms with Gasteiger partial charge in [-0.3, -0.25) is 4.79 Å². The van der Waals surface area contributed by atoms with E-state index in [9.17, 15) is 9.59 Å². The minimum absolute atomic E-state index is 0.305. The predicted molar refractivity (Wildman–Crippen MR) is 131 cm³/mol. The van der Waals surface area contributed by atoms with Crippen molar-refractivity contribution in [2.24, 2.45) is 0 Å². The molecule has 3 aromatic rings. The van der Waals surface area contributed by atoms with Crippen molar-refractivity contribution in [2.45, 2.75) is 19.3 Å². The van der Waals surface area contributed by atoms with Gasteiger partial charge < -0.3 is 20.9 Å². The highest BCUT2D eigenvalue weighted by molar-refractivity contribution is 6.34. The van der Waals surface area contributed by atoms with E-state index in [1.54, 1.807) is 30.3 Å². The Bertz CT molecular complexity index is 1100. The van der Waals surface area contributed by atoms with Gasteiger partial charge in [-0.25, -0.2) is 4.79 Å². The van der Waals surface area contributed by atoms with Crippen LogP contribution in [0.5, 0.6) is 0 Å². The summed E-state index contributed by atoms with van der Waals surface area (Å²) in [5.41, 5.74) is 3.24. The van der Waals surface area contributed by atoms with Crippen LogP contribution in [0.3, 0.4) is 0 Å². The van der Waals surface area contributed by atoms with Crippen LogP contribution in [-0.4, -0.2) is 25.0 Å². The van der Waals surface area contributed by atoms with Crippen molar-refractivity contribution >= 4 is 46.3 Å². The summed E-state index contributed by atoms with van der Waals surface area (Å²) in [5.74, 6) is -0.305. The monoisotopic (exact) mass is 448 g/mol. The molecular weight excluding hydrogens is 424 g/mol. The number of nitrogens with zero attached hydrogens (tertiary/aromatic N) is 1. The van der Waals surface area contributed by atoms with Crippen LogP contribution in [0.1, 0.15) is 29.6 Å². The molecule has 0 bridgehead atoms. The number of hydrogen-bond donors (Lipinski definition) is 3. The molecule has 0 spiro atoms. The molecule has 0 atom stereocenters. The van der Waals surface area contributed by atoms with E-state index in [4.69, 9.17) is 11.6 Å². The van der Waals surface area contributed by atoms with Crippen LogP contribution in [0.2, 0.25) is 5.02 Å². The molecule has 0 unspecified atom stereocenters. The molecular formula is C25H25ClN4O2. The minimum atomic E-state index is -0.343. The lowest BCUT2D eigenvalue weighted by Gasteiger charge is -2.31. The van der Waals surface area contributed by atoms with Crippen molar-refractivity contribution in [2.75, 3.05) is 33.9 Å².